The Bertz CT molecular complexity index is 1040. The average Bonchev–Trinajstić information content (AvgIpc) is 3.50. The summed E-state index contributed by atoms with van der Waals surface area (Å²) in [6, 6.07) is 12.2. The lowest BCUT2D eigenvalue weighted by molar-refractivity contribution is 0.756. The summed E-state index contributed by atoms with van der Waals surface area (Å²) in [6.45, 7) is 2.61. The van der Waals surface area contributed by atoms with Crippen LogP contribution in [0, 0.1) is 0 Å². The molecule has 0 aliphatic heterocycles. The zero-order chi connectivity index (χ0) is 20.2. The lowest BCUT2D eigenvalue weighted by Gasteiger charge is -2.13. The predicted molar refractivity (Wildman–Crippen MR) is 122 cm³/mol. The summed E-state index contributed by atoms with van der Waals surface area (Å²) in [4.78, 5) is 10.0. The first-order chi connectivity index (χ1) is 14.1. The molecule has 150 valence electrons. The van der Waals surface area contributed by atoms with Crippen LogP contribution in [-0.4, -0.2) is 15.6 Å². The minimum absolute atomic E-state index is 0.153. The molecule has 3 N–H and O–H groups in total. The molecule has 0 radical (unpaired) electrons. The van der Waals surface area contributed by atoms with E-state index in [-0.39, 0.29) is 6.04 Å². The van der Waals surface area contributed by atoms with Gasteiger partial charge >= 0.3 is 0 Å². The SMILES string of the molecule is CC(NS/C(C=NCc1cn2cc(C3CC3)ccc2n1)=C/N)c1ccc(Cl)cc1. The molecule has 1 aliphatic carbocycles. The van der Waals surface area contributed by atoms with E-state index in [4.69, 9.17) is 17.3 Å². The van der Waals surface area contributed by atoms with Gasteiger partial charge in [-0.15, -0.1) is 0 Å². The number of imidazole rings is 1. The predicted octanol–water partition coefficient (Wildman–Crippen LogP) is 5.24. The number of hydrogen-bond donors (Lipinski definition) is 2. The van der Waals surface area contributed by atoms with Gasteiger partial charge in [0, 0.05) is 35.9 Å². The fourth-order valence-electron chi connectivity index (χ4n) is 3.10. The first kappa shape index (κ1) is 20.0. The Hall–Kier alpha value is -2.28. The average molecular weight is 426 g/mol. The van der Waals surface area contributed by atoms with Gasteiger partial charge in [0.2, 0.25) is 0 Å². The van der Waals surface area contributed by atoms with Crippen molar-refractivity contribution in [2.45, 2.75) is 38.3 Å². The number of pyridine rings is 1. The molecular formula is C22H24ClN5S. The monoisotopic (exact) mass is 425 g/mol. The molecule has 1 unspecified atom stereocenters. The van der Waals surface area contributed by atoms with Crippen molar-refractivity contribution in [1.29, 1.82) is 0 Å². The Balaban J connectivity index is 1.32. The Labute approximate surface area is 180 Å². The number of fused-ring (bicyclic) bond motifs is 1. The number of benzene rings is 1. The van der Waals surface area contributed by atoms with E-state index < -0.39 is 0 Å². The van der Waals surface area contributed by atoms with Crippen molar-refractivity contribution in [3.8, 4) is 0 Å². The van der Waals surface area contributed by atoms with Gasteiger partial charge in [-0.3, -0.25) is 9.71 Å². The minimum Gasteiger partial charge on any atom is -0.404 e. The van der Waals surface area contributed by atoms with Crippen molar-refractivity contribution >= 4 is 35.4 Å². The first-order valence-corrected chi connectivity index (χ1v) is 10.9. The molecule has 4 rings (SSSR count). The van der Waals surface area contributed by atoms with Gasteiger partial charge < -0.3 is 10.1 Å². The molecule has 1 aromatic carbocycles. The number of rotatable bonds is 8. The maximum absolute atomic E-state index is 5.95. The molecule has 0 saturated heterocycles. The second-order valence-electron chi connectivity index (χ2n) is 7.27. The quantitative estimate of drug-likeness (QED) is 0.382. The van der Waals surface area contributed by atoms with Gasteiger partial charge in [-0.25, -0.2) is 4.98 Å². The van der Waals surface area contributed by atoms with Crippen LogP contribution in [0.25, 0.3) is 5.65 Å². The zero-order valence-corrected chi connectivity index (χ0v) is 17.8. The molecule has 29 heavy (non-hydrogen) atoms. The molecule has 1 saturated carbocycles. The van der Waals surface area contributed by atoms with Crippen molar-refractivity contribution in [1.82, 2.24) is 14.1 Å². The molecule has 1 fully saturated rings. The van der Waals surface area contributed by atoms with Crippen molar-refractivity contribution in [2.24, 2.45) is 10.7 Å². The van der Waals surface area contributed by atoms with Crippen LogP contribution in [0.5, 0.6) is 0 Å². The van der Waals surface area contributed by atoms with E-state index in [9.17, 15) is 0 Å². The van der Waals surface area contributed by atoms with Gasteiger partial charge in [-0.1, -0.05) is 29.8 Å². The number of aromatic nitrogens is 2. The fraction of sp³-hybridized carbons (Fsp3) is 0.273. The van der Waals surface area contributed by atoms with E-state index in [0.29, 0.717) is 6.54 Å². The van der Waals surface area contributed by atoms with Crippen LogP contribution in [0.1, 0.15) is 48.5 Å². The van der Waals surface area contributed by atoms with Crippen LogP contribution in [0.2, 0.25) is 5.02 Å². The second kappa shape index (κ2) is 9.03. The van der Waals surface area contributed by atoms with Gasteiger partial charge in [0.1, 0.15) is 5.65 Å². The van der Waals surface area contributed by atoms with Gasteiger partial charge in [-0.2, -0.15) is 0 Å². The molecular weight excluding hydrogens is 402 g/mol. The highest BCUT2D eigenvalue weighted by molar-refractivity contribution is 8.02. The number of aliphatic imine (C=N–C) groups is 1. The minimum atomic E-state index is 0.153. The van der Waals surface area contributed by atoms with E-state index in [1.807, 2.05) is 24.3 Å². The normalized spacial score (nSPS) is 16.0. The van der Waals surface area contributed by atoms with E-state index in [1.165, 1.54) is 30.4 Å². The fourth-order valence-corrected chi connectivity index (χ4v) is 3.87. The third kappa shape index (κ3) is 5.21. The Morgan fingerprint density at radius 1 is 1.31 bits per heavy atom. The molecule has 0 bridgehead atoms. The van der Waals surface area contributed by atoms with E-state index in [1.54, 1.807) is 12.4 Å². The standard InChI is InChI=1S/C22H24ClN5S/c1-15(16-4-7-19(23)8-5-16)27-29-21(10-24)12-25-11-20-14-28-13-18(17-2-3-17)6-9-22(28)26-20/h4-10,12-15,17,27H,2-3,11,24H2,1H3/b21-10+,25-12?. The van der Waals surface area contributed by atoms with Crippen LogP contribution in [-0.2, 0) is 6.54 Å². The van der Waals surface area contributed by atoms with Crippen molar-refractivity contribution in [2.75, 3.05) is 0 Å². The van der Waals surface area contributed by atoms with Crippen LogP contribution in [0.4, 0.5) is 0 Å². The highest BCUT2D eigenvalue weighted by Crippen LogP contribution is 2.39. The van der Waals surface area contributed by atoms with Crippen LogP contribution >= 0.6 is 23.5 Å². The largest absolute Gasteiger partial charge is 0.404 e. The van der Waals surface area contributed by atoms with Crippen LogP contribution in [0.15, 0.2) is 64.9 Å². The summed E-state index contributed by atoms with van der Waals surface area (Å²) in [6.07, 6.45) is 10.2. The van der Waals surface area contributed by atoms with Gasteiger partial charge in [-0.05, 0) is 67.0 Å². The smallest absolute Gasteiger partial charge is 0.137 e. The van der Waals surface area contributed by atoms with Crippen molar-refractivity contribution in [3.05, 3.63) is 81.7 Å². The maximum Gasteiger partial charge on any atom is 0.137 e. The van der Waals surface area contributed by atoms with Crippen LogP contribution < -0.4 is 10.5 Å². The molecule has 1 atom stereocenters. The summed E-state index contributed by atoms with van der Waals surface area (Å²) < 4.78 is 5.48. The Morgan fingerprint density at radius 3 is 2.83 bits per heavy atom. The molecule has 5 nitrogen and oxygen atoms in total. The molecule has 3 aromatic rings. The molecule has 0 spiro atoms. The van der Waals surface area contributed by atoms with Crippen LogP contribution in [0.3, 0.4) is 0 Å². The second-order valence-corrected chi connectivity index (χ2v) is 8.61. The molecule has 1 aliphatic rings. The first-order valence-electron chi connectivity index (χ1n) is 9.69. The summed E-state index contributed by atoms with van der Waals surface area (Å²) >= 11 is 7.41. The molecule has 2 heterocycles. The molecule has 7 heteroatoms. The highest BCUT2D eigenvalue weighted by atomic mass is 35.5. The van der Waals surface area contributed by atoms with E-state index in [0.717, 1.165) is 32.8 Å². The lowest BCUT2D eigenvalue weighted by Crippen LogP contribution is -2.11. The Kier molecular flexibility index (Phi) is 6.23. The number of hydrogen-bond acceptors (Lipinski definition) is 5. The summed E-state index contributed by atoms with van der Waals surface area (Å²) in [7, 11) is 0. The van der Waals surface area contributed by atoms with Crippen molar-refractivity contribution < 1.29 is 0 Å². The number of nitrogens with zero attached hydrogens (tertiary/aromatic N) is 3. The van der Waals surface area contributed by atoms with Gasteiger partial charge in [0.05, 0.1) is 17.1 Å². The number of allylic oxidation sites excluding steroid dienone is 1. The Morgan fingerprint density at radius 2 is 2.10 bits per heavy atom. The summed E-state index contributed by atoms with van der Waals surface area (Å²) in [5, 5.41) is 0.735. The van der Waals surface area contributed by atoms with Gasteiger partial charge in [0.25, 0.3) is 0 Å². The number of nitrogens with two attached hydrogens (primary N) is 1. The third-order valence-corrected chi connectivity index (χ3v) is 6.13. The maximum atomic E-state index is 5.95. The van der Waals surface area contributed by atoms with Gasteiger partial charge in [0.15, 0.2) is 0 Å². The number of nitrogens with one attached hydrogen (secondary N) is 1. The molecule has 2 aromatic heterocycles. The zero-order valence-electron chi connectivity index (χ0n) is 16.3. The third-order valence-electron chi connectivity index (χ3n) is 4.93. The topological polar surface area (TPSA) is 67.7 Å². The summed E-state index contributed by atoms with van der Waals surface area (Å²) in [5.74, 6) is 0.736. The van der Waals surface area contributed by atoms with E-state index in [2.05, 4.69) is 50.5 Å². The van der Waals surface area contributed by atoms with E-state index >= 15 is 0 Å². The number of halogens is 1. The lowest BCUT2D eigenvalue weighted by atomic mass is 10.1. The summed E-state index contributed by atoms with van der Waals surface area (Å²) in [5.41, 5.74) is 10.2. The molecule has 0 amide bonds. The van der Waals surface area contributed by atoms with Crippen molar-refractivity contribution in [3.63, 3.8) is 0 Å². The highest BCUT2D eigenvalue weighted by Gasteiger charge is 2.23.